The number of sulfonamides is 1. The van der Waals surface area contributed by atoms with Gasteiger partial charge in [0.15, 0.2) is 0 Å². The third-order valence-corrected chi connectivity index (χ3v) is 4.55. The molecular formula is C15H14F3NO2S. The van der Waals surface area contributed by atoms with Crippen LogP contribution in [0.2, 0.25) is 0 Å². The molecule has 2 rings (SSSR count). The number of hydrogen-bond donors (Lipinski definition) is 1. The molecule has 3 nitrogen and oxygen atoms in total. The molecule has 0 aromatic heterocycles. The standard InChI is InChI=1S/C15H14F3NO2S/c1-2-11-7-3-5-9-13(11)19-22(20,21)14-10-6-4-8-12(14)15(16,17)18/h3-10,19H,2H2,1H3. The molecular weight excluding hydrogens is 315 g/mol. The molecule has 0 aliphatic rings. The van der Waals surface area contributed by atoms with E-state index in [1.165, 1.54) is 12.1 Å². The van der Waals surface area contributed by atoms with E-state index in [4.69, 9.17) is 0 Å². The number of aryl methyl sites for hydroxylation is 1. The Bertz CT molecular complexity index is 770. The highest BCUT2D eigenvalue weighted by atomic mass is 32.2. The maximum atomic E-state index is 13.0. The summed E-state index contributed by atoms with van der Waals surface area (Å²) in [6.07, 6.45) is -4.19. The Labute approximate surface area is 126 Å². The van der Waals surface area contributed by atoms with E-state index in [0.29, 0.717) is 12.0 Å². The maximum absolute atomic E-state index is 13.0. The monoisotopic (exact) mass is 329 g/mol. The zero-order valence-corrected chi connectivity index (χ0v) is 12.5. The second kappa shape index (κ2) is 6.00. The van der Waals surface area contributed by atoms with E-state index < -0.39 is 26.7 Å². The van der Waals surface area contributed by atoms with Gasteiger partial charge in [0.1, 0.15) is 0 Å². The second-order valence-corrected chi connectivity index (χ2v) is 6.26. The van der Waals surface area contributed by atoms with Gasteiger partial charge in [0.05, 0.1) is 16.1 Å². The fraction of sp³-hybridized carbons (Fsp3) is 0.200. The van der Waals surface area contributed by atoms with Crippen molar-refractivity contribution in [1.29, 1.82) is 0 Å². The highest BCUT2D eigenvalue weighted by molar-refractivity contribution is 7.92. The minimum absolute atomic E-state index is 0.280. The number of benzene rings is 2. The zero-order valence-electron chi connectivity index (χ0n) is 11.7. The summed E-state index contributed by atoms with van der Waals surface area (Å²) in [6, 6.07) is 10.7. The summed E-state index contributed by atoms with van der Waals surface area (Å²) in [5.74, 6) is 0. The van der Waals surface area contributed by atoms with Crippen LogP contribution < -0.4 is 4.72 Å². The van der Waals surface area contributed by atoms with Crippen molar-refractivity contribution >= 4 is 15.7 Å². The van der Waals surface area contributed by atoms with Crippen LogP contribution in [0.4, 0.5) is 18.9 Å². The predicted molar refractivity (Wildman–Crippen MR) is 78.1 cm³/mol. The summed E-state index contributed by atoms with van der Waals surface area (Å²) in [5.41, 5.74) is -0.200. The van der Waals surface area contributed by atoms with Crippen molar-refractivity contribution in [3.63, 3.8) is 0 Å². The number of rotatable bonds is 4. The number of alkyl halides is 3. The van der Waals surface area contributed by atoms with E-state index in [1.807, 2.05) is 6.92 Å². The van der Waals surface area contributed by atoms with Gasteiger partial charge in [-0.15, -0.1) is 0 Å². The van der Waals surface area contributed by atoms with Gasteiger partial charge in [0.25, 0.3) is 10.0 Å². The molecule has 0 bridgehead atoms. The SMILES string of the molecule is CCc1ccccc1NS(=O)(=O)c1ccccc1C(F)(F)F. The van der Waals surface area contributed by atoms with Gasteiger partial charge in [0, 0.05) is 0 Å². The van der Waals surface area contributed by atoms with E-state index in [-0.39, 0.29) is 5.69 Å². The molecule has 1 N–H and O–H groups in total. The van der Waals surface area contributed by atoms with Crippen molar-refractivity contribution < 1.29 is 21.6 Å². The summed E-state index contributed by atoms with van der Waals surface area (Å²) in [5, 5.41) is 0. The minimum Gasteiger partial charge on any atom is -0.279 e. The van der Waals surface area contributed by atoms with Crippen molar-refractivity contribution in [3.05, 3.63) is 59.7 Å². The van der Waals surface area contributed by atoms with E-state index in [1.54, 1.807) is 18.2 Å². The first kappa shape index (κ1) is 16.4. The fourth-order valence-corrected chi connectivity index (χ4v) is 3.39. The highest BCUT2D eigenvalue weighted by Crippen LogP contribution is 2.34. The molecule has 0 unspecified atom stereocenters. The van der Waals surface area contributed by atoms with Crippen molar-refractivity contribution in [2.24, 2.45) is 0 Å². The molecule has 22 heavy (non-hydrogen) atoms. The lowest BCUT2D eigenvalue weighted by molar-refractivity contribution is -0.139. The molecule has 2 aromatic rings. The molecule has 0 atom stereocenters. The van der Waals surface area contributed by atoms with Crippen LogP contribution in [0.1, 0.15) is 18.1 Å². The van der Waals surface area contributed by atoms with E-state index in [2.05, 4.69) is 4.72 Å². The number of anilines is 1. The number of hydrogen-bond acceptors (Lipinski definition) is 2. The van der Waals surface area contributed by atoms with Gasteiger partial charge in [-0.3, -0.25) is 4.72 Å². The van der Waals surface area contributed by atoms with Crippen molar-refractivity contribution in [2.45, 2.75) is 24.4 Å². The molecule has 0 heterocycles. The minimum atomic E-state index is -4.74. The topological polar surface area (TPSA) is 46.2 Å². The third-order valence-electron chi connectivity index (χ3n) is 3.12. The number of para-hydroxylation sites is 1. The smallest absolute Gasteiger partial charge is 0.279 e. The van der Waals surface area contributed by atoms with Gasteiger partial charge in [-0.05, 0) is 30.2 Å². The zero-order chi connectivity index (χ0) is 16.4. The average Bonchev–Trinajstić information content (AvgIpc) is 2.46. The van der Waals surface area contributed by atoms with Crippen LogP contribution in [0.25, 0.3) is 0 Å². The number of nitrogens with one attached hydrogen (secondary N) is 1. The average molecular weight is 329 g/mol. The van der Waals surface area contributed by atoms with Gasteiger partial charge in [0.2, 0.25) is 0 Å². The molecule has 0 fully saturated rings. The van der Waals surface area contributed by atoms with E-state index in [9.17, 15) is 21.6 Å². The van der Waals surface area contributed by atoms with E-state index >= 15 is 0 Å². The number of halogens is 3. The molecule has 2 aromatic carbocycles. The lowest BCUT2D eigenvalue weighted by atomic mass is 10.1. The lowest BCUT2D eigenvalue weighted by Crippen LogP contribution is -2.19. The Morgan fingerprint density at radius 3 is 2.23 bits per heavy atom. The first-order valence-electron chi connectivity index (χ1n) is 6.52. The van der Waals surface area contributed by atoms with Crippen LogP contribution in [-0.2, 0) is 22.6 Å². The first-order chi connectivity index (χ1) is 10.3. The van der Waals surface area contributed by atoms with Crippen LogP contribution in [0.15, 0.2) is 53.4 Å². The van der Waals surface area contributed by atoms with E-state index in [0.717, 1.165) is 18.2 Å². The van der Waals surface area contributed by atoms with Crippen LogP contribution in [0.3, 0.4) is 0 Å². The Balaban J connectivity index is 2.49. The lowest BCUT2D eigenvalue weighted by Gasteiger charge is -2.15. The van der Waals surface area contributed by atoms with Gasteiger partial charge in [-0.1, -0.05) is 37.3 Å². The van der Waals surface area contributed by atoms with Crippen molar-refractivity contribution in [1.82, 2.24) is 0 Å². The second-order valence-electron chi connectivity index (χ2n) is 4.61. The summed E-state index contributed by atoms with van der Waals surface area (Å²) in [4.78, 5) is -0.784. The Kier molecular flexibility index (Phi) is 4.46. The Morgan fingerprint density at radius 1 is 1.00 bits per heavy atom. The van der Waals surface area contributed by atoms with Crippen molar-refractivity contribution in [3.8, 4) is 0 Å². The van der Waals surface area contributed by atoms with Gasteiger partial charge < -0.3 is 0 Å². The normalized spacial score (nSPS) is 12.2. The maximum Gasteiger partial charge on any atom is 0.417 e. The quantitative estimate of drug-likeness (QED) is 0.919. The third kappa shape index (κ3) is 3.41. The molecule has 7 heteroatoms. The largest absolute Gasteiger partial charge is 0.417 e. The molecule has 0 aliphatic heterocycles. The van der Waals surface area contributed by atoms with Crippen molar-refractivity contribution in [2.75, 3.05) is 4.72 Å². The fourth-order valence-electron chi connectivity index (χ4n) is 2.06. The Morgan fingerprint density at radius 2 is 1.59 bits per heavy atom. The van der Waals surface area contributed by atoms with Crippen LogP contribution in [0.5, 0.6) is 0 Å². The molecule has 0 radical (unpaired) electrons. The molecule has 0 aliphatic carbocycles. The molecule has 0 amide bonds. The van der Waals surface area contributed by atoms with Gasteiger partial charge >= 0.3 is 6.18 Å². The molecule has 0 saturated carbocycles. The summed E-state index contributed by atoms with van der Waals surface area (Å²) in [7, 11) is -4.33. The highest BCUT2D eigenvalue weighted by Gasteiger charge is 2.36. The summed E-state index contributed by atoms with van der Waals surface area (Å²) < 4.78 is 65.8. The predicted octanol–water partition coefficient (Wildman–Crippen LogP) is 4.07. The summed E-state index contributed by atoms with van der Waals surface area (Å²) >= 11 is 0. The first-order valence-corrected chi connectivity index (χ1v) is 8.01. The Hall–Kier alpha value is -2.02. The van der Waals surface area contributed by atoms with Crippen LogP contribution in [0, 0.1) is 0 Å². The van der Waals surface area contributed by atoms with Gasteiger partial charge in [-0.25, -0.2) is 8.42 Å². The van der Waals surface area contributed by atoms with Gasteiger partial charge in [-0.2, -0.15) is 13.2 Å². The molecule has 0 spiro atoms. The van der Waals surface area contributed by atoms with Crippen LogP contribution in [-0.4, -0.2) is 8.42 Å². The molecule has 118 valence electrons. The molecule has 0 saturated heterocycles. The summed E-state index contributed by atoms with van der Waals surface area (Å²) in [6.45, 7) is 1.83. The van der Waals surface area contributed by atoms with Crippen LogP contribution >= 0.6 is 0 Å².